The third kappa shape index (κ3) is 4.38. The lowest BCUT2D eigenvalue weighted by atomic mass is 10.1. The molecule has 0 spiro atoms. The van der Waals surface area contributed by atoms with E-state index in [9.17, 15) is 9.59 Å². The third-order valence-corrected chi connectivity index (χ3v) is 5.27. The van der Waals surface area contributed by atoms with Crippen LogP contribution < -0.4 is 0 Å². The maximum atomic E-state index is 12.9. The lowest BCUT2D eigenvalue weighted by molar-refractivity contribution is 0.0718. The highest BCUT2D eigenvalue weighted by Crippen LogP contribution is 2.15. The van der Waals surface area contributed by atoms with Crippen LogP contribution in [0.3, 0.4) is 0 Å². The minimum atomic E-state index is -0.0977. The third-order valence-electron chi connectivity index (χ3n) is 5.27. The number of aromatic nitrogens is 2. The molecule has 6 nitrogen and oxygen atoms in total. The van der Waals surface area contributed by atoms with Crippen LogP contribution >= 0.6 is 0 Å². The highest BCUT2D eigenvalue weighted by atomic mass is 16.2. The fourth-order valence-electron chi connectivity index (χ4n) is 3.64. The highest BCUT2D eigenvalue weighted by Gasteiger charge is 2.24. The smallest absolute Gasteiger partial charge is 0.257 e. The highest BCUT2D eigenvalue weighted by molar-refractivity contribution is 5.95. The Morgan fingerprint density at radius 3 is 2.03 bits per heavy atom. The molecule has 2 heterocycles. The molecule has 4 rings (SSSR count). The molecule has 152 valence electrons. The van der Waals surface area contributed by atoms with Gasteiger partial charge in [0, 0.05) is 49.7 Å². The molecule has 0 bridgehead atoms. The summed E-state index contributed by atoms with van der Waals surface area (Å²) in [7, 11) is 0. The zero-order valence-corrected chi connectivity index (χ0v) is 17.0. The van der Waals surface area contributed by atoms with E-state index in [1.807, 2.05) is 66.4 Å². The van der Waals surface area contributed by atoms with Gasteiger partial charge < -0.3 is 9.80 Å². The number of nitrogens with zero attached hydrogens (tertiary/aromatic N) is 4. The van der Waals surface area contributed by atoms with Gasteiger partial charge in [0.05, 0.1) is 5.56 Å². The van der Waals surface area contributed by atoms with Crippen molar-refractivity contribution in [2.24, 2.45) is 0 Å². The Morgan fingerprint density at radius 2 is 1.40 bits per heavy atom. The molecular weight excluding hydrogens is 376 g/mol. The van der Waals surface area contributed by atoms with E-state index in [1.165, 1.54) is 0 Å². The molecule has 0 saturated carbocycles. The van der Waals surface area contributed by atoms with Crippen LogP contribution in [0.25, 0.3) is 11.4 Å². The summed E-state index contributed by atoms with van der Waals surface area (Å²) in [5.41, 5.74) is 3.14. The van der Waals surface area contributed by atoms with Crippen molar-refractivity contribution in [3.8, 4) is 11.4 Å². The van der Waals surface area contributed by atoms with Gasteiger partial charge in [-0.05, 0) is 25.5 Å². The van der Waals surface area contributed by atoms with Crippen molar-refractivity contribution in [2.75, 3.05) is 26.2 Å². The summed E-state index contributed by atoms with van der Waals surface area (Å²) in [4.78, 5) is 38.1. The van der Waals surface area contributed by atoms with Crippen LogP contribution in [0, 0.1) is 6.92 Å². The average molecular weight is 400 g/mol. The second-order valence-corrected chi connectivity index (χ2v) is 7.47. The van der Waals surface area contributed by atoms with Crippen LogP contribution in [0.1, 0.15) is 32.7 Å². The molecule has 2 aromatic carbocycles. The molecule has 0 unspecified atom stereocenters. The normalized spacial score (nSPS) is 14.3. The summed E-state index contributed by atoms with van der Waals surface area (Å²) in [5.74, 6) is 0.515. The van der Waals surface area contributed by atoms with E-state index in [0.717, 1.165) is 17.5 Å². The van der Waals surface area contributed by atoms with Crippen LogP contribution in [0.15, 0.2) is 67.0 Å². The summed E-state index contributed by atoms with van der Waals surface area (Å²) in [6.07, 6.45) is 3.91. The largest absolute Gasteiger partial charge is 0.337 e. The maximum Gasteiger partial charge on any atom is 0.257 e. The van der Waals surface area contributed by atoms with Crippen molar-refractivity contribution in [3.05, 3.63) is 83.7 Å². The number of amides is 2. The van der Waals surface area contributed by atoms with Crippen molar-refractivity contribution in [2.45, 2.75) is 13.3 Å². The predicted molar refractivity (Wildman–Crippen MR) is 115 cm³/mol. The van der Waals surface area contributed by atoms with Crippen molar-refractivity contribution in [1.82, 2.24) is 19.8 Å². The molecule has 1 aliphatic rings. The SMILES string of the molecule is Cc1cccc(C(=O)N2CCCN(C(=O)c3cnc(-c4ccccc4)nc3)CC2)c1. The van der Waals surface area contributed by atoms with E-state index in [4.69, 9.17) is 0 Å². The number of hydrogen-bond acceptors (Lipinski definition) is 4. The topological polar surface area (TPSA) is 66.4 Å². The van der Waals surface area contributed by atoms with Gasteiger partial charge in [0.1, 0.15) is 0 Å². The van der Waals surface area contributed by atoms with Crippen LogP contribution in [-0.2, 0) is 0 Å². The van der Waals surface area contributed by atoms with Crippen molar-refractivity contribution >= 4 is 11.8 Å². The number of aryl methyl sites for hydroxylation is 1. The molecule has 0 aliphatic carbocycles. The molecule has 0 N–H and O–H groups in total. The molecule has 0 atom stereocenters. The van der Waals surface area contributed by atoms with Crippen molar-refractivity contribution in [3.63, 3.8) is 0 Å². The van der Waals surface area contributed by atoms with E-state index in [0.29, 0.717) is 43.1 Å². The Morgan fingerprint density at radius 1 is 0.767 bits per heavy atom. The Bertz CT molecular complexity index is 1030. The summed E-state index contributed by atoms with van der Waals surface area (Å²) in [6.45, 7) is 4.24. The standard InChI is InChI=1S/C24H24N4O2/c1-18-7-5-10-20(15-18)23(29)27-11-6-12-28(14-13-27)24(30)21-16-25-22(26-17-21)19-8-3-2-4-9-19/h2-5,7-10,15-17H,6,11-14H2,1H3. The number of carbonyl (C=O) groups excluding carboxylic acids is 2. The van der Waals surface area contributed by atoms with Gasteiger partial charge >= 0.3 is 0 Å². The van der Waals surface area contributed by atoms with E-state index in [2.05, 4.69) is 9.97 Å². The number of hydrogen-bond donors (Lipinski definition) is 0. The first kappa shape index (κ1) is 19.8. The quantitative estimate of drug-likeness (QED) is 0.676. The van der Waals surface area contributed by atoms with Crippen LogP contribution in [0.4, 0.5) is 0 Å². The number of carbonyl (C=O) groups is 2. The Hall–Kier alpha value is -3.54. The molecule has 1 aliphatic heterocycles. The predicted octanol–water partition coefficient (Wildman–Crippen LogP) is 3.44. The van der Waals surface area contributed by atoms with Gasteiger partial charge in [0.15, 0.2) is 5.82 Å². The number of rotatable bonds is 3. The molecular formula is C24H24N4O2. The van der Waals surface area contributed by atoms with Crippen molar-refractivity contribution < 1.29 is 9.59 Å². The fraction of sp³-hybridized carbons (Fsp3) is 0.250. The summed E-state index contributed by atoms with van der Waals surface area (Å²) in [5, 5.41) is 0. The molecule has 2 amide bonds. The Labute approximate surface area is 176 Å². The molecule has 30 heavy (non-hydrogen) atoms. The van der Waals surface area contributed by atoms with E-state index >= 15 is 0 Å². The van der Waals surface area contributed by atoms with Gasteiger partial charge in [-0.3, -0.25) is 9.59 Å². The van der Waals surface area contributed by atoms with Gasteiger partial charge in [-0.2, -0.15) is 0 Å². The summed E-state index contributed by atoms with van der Waals surface area (Å²) >= 11 is 0. The van der Waals surface area contributed by atoms with E-state index in [1.54, 1.807) is 17.3 Å². The van der Waals surface area contributed by atoms with Gasteiger partial charge in [-0.25, -0.2) is 9.97 Å². The Kier molecular flexibility index (Phi) is 5.84. The minimum Gasteiger partial charge on any atom is -0.337 e. The average Bonchev–Trinajstić information content (AvgIpc) is 3.05. The Balaban J connectivity index is 1.41. The molecule has 1 fully saturated rings. The molecule has 3 aromatic rings. The van der Waals surface area contributed by atoms with E-state index in [-0.39, 0.29) is 11.8 Å². The van der Waals surface area contributed by atoms with E-state index < -0.39 is 0 Å². The molecule has 1 aromatic heterocycles. The van der Waals surface area contributed by atoms with Crippen molar-refractivity contribution in [1.29, 1.82) is 0 Å². The fourth-order valence-corrected chi connectivity index (χ4v) is 3.64. The lowest BCUT2D eigenvalue weighted by Gasteiger charge is -2.22. The zero-order valence-electron chi connectivity index (χ0n) is 17.0. The van der Waals surface area contributed by atoms with Crippen LogP contribution in [0.5, 0.6) is 0 Å². The van der Waals surface area contributed by atoms with Gasteiger partial charge in [0.2, 0.25) is 0 Å². The van der Waals surface area contributed by atoms with Gasteiger partial charge in [0.25, 0.3) is 11.8 Å². The maximum absolute atomic E-state index is 12.9. The summed E-state index contributed by atoms with van der Waals surface area (Å²) in [6, 6.07) is 17.3. The van der Waals surface area contributed by atoms with Crippen LogP contribution in [0.2, 0.25) is 0 Å². The van der Waals surface area contributed by atoms with Crippen LogP contribution in [-0.4, -0.2) is 57.8 Å². The zero-order chi connectivity index (χ0) is 20.9. The molecule has 6 heteroatoms. The molecule has 0 radical (unpaired) electrons. The number of benzene rings is 2. The molecule has 1 saturated heterocycles. The lowest BCUT2D eigenvalue weighted by Crippen LogP contribution is -2.37. The second kappa shape index (κ2) is 8.86. The first-order chi connectivity index (χ1) is 14.6. The second-order valence-electron chi connectivity index (χ2n) is 7.47. The summed E-state index contributed by atoms with van der Waals surface area (Å²) < 4.78 is 0. The van der Waals surface area contributed by atoms with Gasteiger partial charge in [-0.1, -0.05) is 48.0 Å². The monoisotopic (exact) mass is 400 g/mol. The van der Waals surface area contributed by atoms with Gasteiger partial charge in [-0.15, -0.1) is 0 Å². The first-order valence-electron chi connectivity index (χ1n) is 10.1. The minimum absolute atomic E-state index is 0.0172. The first-order valence-corrected chi connectivity index (χ1v) is 10.1.